The lowest BCUT2D eigenvalue weighted by Crippen LogP contribution is -2.63. The molecule has 1 aromatic carbocycles. The number of cyclic esters (lactones) is 1. The number of aromatic hydroxyl groups is 1. The molecule has 0 spiro atoms. The van der Waals surface area contributed by atoms with Gasteiger partial charge in [0.05, 0.1) is 44.2 Å². The Kier molecular flexibility index (Phi) is 33.5. The van der Waals surface area contributed by atoms with E-state index in [0.29, 0.717) is 12.0 Å². The Hall–Kier alpha value is -8.44. The molecule has 10 amide bonds. The first-order valence-corrected chi connectivity index (χ1v) is 32.1. The van der Waals surface area contributed by atoms with Crippen LogP contribution >= 0.6 is 0 Å². The number of aliphatic hydroxyl groups excluding tert-OH is 6. The van der Waals surface area contributed by atoms with Crippen LogP contribution in [0.4, 0.5) is 0 Å². The zero-order valence-corrected chi connectivity index (χ0v) is 55.1. The molecular weight excluding hydrogens is 1260 g/mol. The summed E-state index contributed by atoms with van der Waals surface area (Å²) in [5.74, 6) is -12.7. The van der Waals surface area contributed by atoms with Gasteiger partial charge in [0.25, 0.3) is 11.8 Å². The van der Waals surface area contributed by atoms with Gasteiger partial charge in [-0.05, 0) is 65.2 Å². The van der Waals surface area contributed by atoms with Crippen LogP contribution in [0.3, 0.4) is 0 Å². The van der Waals surface area contributed by atoms with Crippen LogP contribution in [0.15, 0.2) is 60.3 Å². The number of nitrogens with two attached hydrogens (primary N) is 1. The minimum absolute atomic E-state index is 0.167. The number of hydrogen-bond donors (Lipinski definition) is 17. The molecule has 0 radical (unpaired) electrons. The van der Waals surface area contributed by atoms with Crippen LogP contribution in [0.25, 0.3) is 0 Å². The number of amides is 10. The first-order chi connectivity index (χ1) is 45.5. The average molecular weight is 1360 g/mol. The third-order valence-electron chi connectivity index (χ3n) is 16.1. The first-order valence-electron chi connectivity index (χ1n) is 32.1. The number of nitrogens with one attached hydrogen (secondary N) is 9. The second-order valence-corrected chi connectivity index (χ2v) is 23.7. The summed E-state index contributed by atoms with van der Waals surface area (Å²) in [5.41, 5.74) is 4.89. The maximum atomic E-state index is 15.0. The van der Waals surface area contributed by atoms with Crippen LogP contribution in [0.2, 0.25) is 0 Å². The highest BCUT2D eigenvalue weighted by Gasteiger charge is 2.47. The first kappa shape index (κ1) is 80.0. The number of phenolic OH excluding ortho intramolecular Hbond substituents is 1. The summed E-state index contributed by atoms with van der Waals surface area (Å²) in [4.78, 5) is 163. The number of phenols is 1. The molecule has 33 nitrogen and oxygen atoms in total. The van der Waals surface area contributed by atoms with Crippen LogP contribution in [-0.2, 0) is 79.8 Å². The van der Waals surface area contributed by atoms with Gasteiger partial charge >= 0.3 is 5.97 Å². The van der Waals surface area contributed by atoms with Gasteiger partial charge in [-0.1, -0.05) is 89.0 Å². The Balaban J connectivity index is 1.84. The molecule has 2 aliphatic heterocycles. The number of aromatic nitrogens is 2. The van der Waals surface area contributed by atoms with Crippen molar-refractivity contribution < 1.29 is 103 Å². The van der Waals surface area contributed by atoms with Gasteiger partial charge in [0.2, 0.25) is 47.3 Å². The van der Waals surface area contributed by atoms with E-state index in [2.05, 4.69) is 59.4 Å². The Bertz CT molecular complexity index is 2980. The lowest BCUT2D eigenvalue weighted by atomic mass is 9.99. The number of rotatable bonds is 27. The zero-order valence-electron chi connectivity index (χ0n) is 55.1. The van der Waals surface area contributed by atoms with Gasteiger partial charge in [0.1, 0.15) is 83.9 Å². The maximum absolute atomic E-state index is 15.0. The molecule has 534 valence electrons. The summed E-state index contributed by atoms with van der Waals surface area (Å²) < 4.78 is 17.3. The van der Waals surface area contributed by atoms with E-state index in [1.54, 1.807) is 0 Å². The fourth-order valence-electron chi connectivity index (χ4n) is 10.5. The number of H-pyrrole nitrogens is 1. The van der Waals surface area contributed by atoms with E-state index < -0.39 is 213 Å². The molecule has 2 aliphatic rings. The van der Waals surface area contributed by atoms with Gasteiger partial charge in [0.15, 0.2) is 6.29 Å². The van der Waals surface area contributed by atoms with Gasteiger partial charge in [0, 0.05) is 38.2 Å². The number of hydrogen-bond acceptors (Lipinski definition) is 22. The monoisotopic (exact) mass is 1360 g/mol. The van der Waals surface area contributed by atoms with Crippen molar-refractivity contribution in [2.45, 2.75) is 229 Å². The van der Waals surface area contributed by atoms with Crippen LogP contribution in [0, 0.1) is 0 Å². The number of carbonyl (C=O) groups is 11. The minimum Gasteiger partial charge on any atom is -0.508 e. The van der Waals surface area contributed by atoms with Crippen LogP contribution in [0.1, 0.15) is 136 Å². The smallest absolute Gasteiger partial charge is 0.329 e. The zero-order chi connectivity index (χ0) is 71.3. The van der Waals surface area contributed by atoms with E-state index in [1.165, 1.54) is 70.4 Å². The number of allylic oxidation sites excluding steroid dienone is 2. The van der Waals surface area contributed by atoms with Crippen LogP contribution in [-0.4, -0.2) is 227 Å². The lowest BCUT2D eigenvalue weighted by Gasteiger charge is -2.42. The molecule has 2 fully saturated rings. The molecule has 0 saturated carbocycles. The highest BCUT2D eigenvalue weighted by molar-refractivity contribution is 6.03. The third kappa shape index (κ3) is 25.3. The standard InChI is InChI=1S/C63H96N12O21/c1-8-11-12-13-14-15-16-17-18-19-39(79)28-47(81)68-40(9-2)57(88)74-50-34(5)94-62(93)44(27-37-29-65-32-67-37)72-61(92)51(35(6)95-63-54(85)53(84)52(83)45(31-76)96-63)75(7)48(82)30-66-55(86)42(24-25-46(64)80)70-56(87)41(10-3)69-58(89)43(26-36-20-22-38(78)23-21-36)71-59(90)49(33(4)77)73-60(50)91/h9-10,20-23,29,32-35,39,42-45,49-54,63,76-79,83-85H,8,11-19,24-28,30-31H2,1-7H3,(H2,64,80)(H,65,67)(H,66,86)(H,68,81)(H,69,89)(H,70,87)(H,71,90)(H,72,92)(H,73,91)(H,74,88)/b40-9+,41-10+/t33-,34-,35+,39-,42-,43-,44-,45-,49-,50+,51+,52-,53+,54-,63+/m1/s1. The molecular formula is C63H96N12O21. The Morgan fingerprint density at radius 1 is 0.812 bits per heavy atom. The summed E-state index contributed by atoms with van der Waals surface area (Å²) in [6.45, 7) is 6.31. The molecule has 0 aliphatic carbocycles. The second-order valence-electron chi connectivity index (χ2n) is 23.7. The molecule has 0 bridgehead atoms. The molecule has 2 aromatic rings. The minimum atomic E-state index is -2.10. The molecule has 3 heterocycles. The highest BCUT2D eigenvalue weighted by atomic mass is 16.7. The number of aromatic amines is 1. The normalized spacial score (nSPS) is 26.4. The number of carbonyl (C=O) groups excluding carboxylic acids is 11. The maximum Gasteiger partial charge on any atom is 0.329 e. The number of aliphatic hydroxyl groups is 6. The van der Waals surface area contributed by atoms with Crippen molar-refractivity contribution in [1.82, 2.24) is 57.4 Å². The molecule has 4 rings (SSSR count). The number of likely N-dealkylation sites (N-methyl/N-ethyl adjacent to an activating group) is 1. The predicted molar refractivity (Wildman–Crippen MR) is 340 cm³/mol. The fourth-order valence-corrected chi connectivity index (χ4v) is 10.5. The second kappa shape index (κ2) is 40.2. The Morgan fingerprint density at radius 2 is 1.46 bits per heavy atom. The molecule has 1 aromatic heterocycles. The molecule has 33 heteroatoms. The quantitative estimate of drug-likeness (QED) is 0.0238. The number of unbranched alkanes of at least 4 members (excludes halogenated alkanes) is 8. The number of benzene rings is 1. The topological polar surface area (TPSA) is 511 Å². The van der Waals surface area contributed by atoms with Crippen LogP contribution in [0.5, 0.6) is 5.75 Å². The van der Waals surface area contributed by atoms with Gasteiger partial charge in [-0.3, -0.25) is 47.9 Å². The largest absolute Gasteiger partial charge is 0.508 e. The van der Waals surface area contributed by atoms with E-state index >= 15 is 0 Å². The van der Waals surface area contributed by atoms with E-state index in [4.69, 9.17) is 19.9 Å². The number of esters is 1. The molecule has 2 saturated heterocycles. The number of nitrogens with zero attached hydrogens (tertiary/aromatic N) is 2. The van der Waals surface area contributed by atoms with Gasteiger partial charge < -0.3 is 108 Å². The SMILES string of the molecule is C/C=C(/NC(=O)C[C@H](O)CCCCCCCCCCC)C(=O)N[C@@H]1C(=O)N[C@H]([C@@H](C)O)C(=O)N[C@H](Cc2ccc(O)cc2)C(=O)N/C(=C/C)C(=O)N[C@H](CCC(N)=O)C(=O)NCC(=O)N(C)[C@@H]([C@H](C)O[C@H]2O[C@H](CO)[C@@H](O)[C@H](O)[C@H]2O)C(=O)N[C@H](Cc2cnc[nH]2)C(=O)O[C@@H]1C. The van der Waals surface area contributed by atoms with Crippen molar-refractivity contribution in [2.24, 2.45) is 5.73 Å². The van der Waals surface area contributed by atoms with Crippen molar-refractivity contribution in [3.05, 3.63) is 71.6 Å². The van der Waals surface area contributed by atoms with E-state index in [0.717, 1.165) is 76.5 Å². The fraction of sp³-hybridized carbons (Fsp3) is 0.619. The number of primary amides is 1. The summed E-state index contributed by atoms with van der Waals surface area (Å²) in [6, 6.07) is -6.02. The van der Waals surface area contributed by atoms with Crippen LogP contribution < -0.4 is 48.3 Å². The van der Waals surface area contributed by atoms with Gasteiger partial charge in [-0.25, -0.2) is 9.78 Å². The molecule has 96 heavy (non-hydrogen) atoms. The van der Waals surface area contributed by atoms with E-state index in [-0.39, 0.29) is 17.9 Å². The van der Waals surface area contributed by atoms with Gasteiger partial charge in [-0.15, -0.1) is 0 Å². The van der Waals surface area contributed by atoms with E-state index in [1.807, 2.05) is 0 Å². The molecule has 18 N–H and O–H groups in total. The summed E-state index contributed by atoms with van der Waals surface area (Å²) >= 11 is 0. The Morgan fingerprint density at radius 3 is 2.05 bits per heavy atom. The summed E-state index contributed by atoms with van der Waals surface area (Å²) in [5, 5.41) is 93.2. The number of ether oxygens (including phenoxy) is 3. The van der Waals surface area contributed by atoms with Crippen molar-refractivity contribution in [3.63, 3.8) is 0 Å². The molecule has 15 atom stereocenters. The lowest BCUT2D eigenvalue weighted by molar-refractivity contribution is -0.312. The Labute approximate surface area is 555 Å². The molecule has 0 unspecified atom stereocenters. The van der Waals surface area contributed by atoms with E-state index in [9.17, 15) is 88.5 Å². The number of imidazole rings is 1. The highest BCUT2D eigenvalue weighted by Crippen LogP contribution is 2.25. The van der Waals surface area contributed by atoms with Crippen molar-refractivity contribution >= 4 is 65.0 Å². The third-order valence-corrected chi connectivity index (χ3v) is 16.1. The van der Waals surface area contributed by atoms with Gasteiger partial charge in [-0.2, -0.15) is 0 Å². The van der Waals surface area contributed by atoms with Crippen molar-refractivity contribution in [1.29, 1.82) is 0 Å². The summed E-state index contributed by atoms with van der Waals surface area (Å²) in [6.07, 6.45) is -3.89. The average Bonchev–Trinajstić information content (AvgIpc) is 0.858. The predicted octanol–water partition coefficient (Wildman–Crippen LogP) is -3.22. The van der Waals surface area contributed by atoms with Crippen molar-refractivity contribution in [3.8, 4) is 5.75 Å². The van der Waals surface area contributed by atoms with Crippen molar-refractivity contribution in [2.75, 3.05) is 20.2 Å². The summed E-state index contributed by atoms with van der Waals surface area (Å²) in [7, 11) is 1.05.